The molecule has 82 valence electrons. The van der Waals surface area contributed by atoms with Gasteiger partial charge in [-0.15, -0.1) is 0 Å². The van der Waals surface area contributed by atoms with Gasteiger partial charge in [-0.05, 0) is 18.6 Å². The molecule has 4 heteroatoms. The van der Waals surface area contributed by atoms with Gasteiger partial charge in [-0.3, -0.25) is 4.79 Å². The molecule has 15 heavy (non-hydrogen) atoms. The van der Waals surface area contributed by atoms with Gasteiger partial charge < -0.3 is 10.5 Å². The average Bonchev–Trinajstić information content (AvgIpc) is 2.18. The van der Waals surface area contributed by atoms with E-state index in [1.807, 2.05) is 6.92 Å². The normalized spacial score (nSPS) is 10.1. The second-order valence-electron chi connectivity index (χ2n) is 3.25. The van der Waals surface area contributed by atoms with Gasteiger partial charge in [0, 0.05) is 17.7 Å². The highest BCUT2D eigenvalue weighted by atomic mass is 35.5. The molecule has 0 heterocycles. The average molecular weight is 228 g/mol. The molecule has 0 amide bonds. The standard InChI is InChI=1S/C11H14ClNO2/c1-3-4-10(14)7-5-11(15-2)8(12)6-9(7)13/h5-6H,3-4,13H2,1-2H3. The Morgan fingerprint density at radius 1 is 1.53 bits per heavy atom. The van der Waals surface area contributed by atoms with Gasteiger partial charge >= 0.3 is 0 Å². The molecule has 0 spiro atoms. The number of methoxy groups -OCH3 is 1. The number of anilines is 1. The minimum atomic E-state index is 0.0185. The van der Waals surface area contributed by atoms with Crippen LogP contribution in [0.1, 0.15) is 30.1 Å². The number of carbonyl (C=O) groups is 1. The molecule has 1 aromatic rings. The molecule has 1 rings (SSSR count). The van der Waals surface area contributed by atoms with E-state index in [0.717, 1.165) is 6.42 Å². The maximum Gasteiger partial charge on any atom is 0.165 e. The molecule has 0 fully saturated rings. The smallest absolute Gasteiger partial charge is 0.165 e. The molecule has 0 saturated heterocycles. The molecule has 0 atom stereocenters. The molecule has 0 aliphatic heterocycles. The van der Waals surface area contributed by atoms with Gasteiger partial charge in [-0.2, -0.15) is 0 Å². The zero-order chi connectivity index (χ0) is 11.4. The lowest BCUT2D eigenvalue weighted by molar-refractivity contribution is 0.0982. The van der Waals surface area contributed by atoms with Crippen LogP contribution in [-0.2, 0) is 0 Å². The van der Waals surface area contributed by atoms with Crippen LogP contribution < -0.4 is 10.5 Å². The molecule has 2 N–H and O–H groups in total. The summed E-state index contributed by atoms with van der Waals surface area (Å²) in [5, 5.41) is 0.419. The predicted molar refractivity (Wildman–Crippen MR) is 61.7 cm³/mol. The molecule has 0 aliphatic rings. The van der Waals surface area contributed by atoms with Crippen LogP contribution in [0.3, 0.4) is 0 Å². The number of halogens is 1. The van der Waals surface area contributed by atoms with Crippen molar-refractivity contribution in [3.05, 3.63) is 22.7 Å². The number of ether oxygens (including phenoxy) is 1. The SMILES string of the molecule is CCCC(=O)c1cc(OC)c(Cl)cc1N. The summed E-state index contributed by atoms with van der Waals surface area (Å²) in [7, 11) is 1.51. The number of benzene rings is 1. The van der Waals surface area contributed by atoms with E-state index in [1.165, 1.54) is 7.11 Å². The molecule has 0 radical (unpaired) electrons. The number of hydrogen-bond donors (Lipinski definition) is 1. The molecule has 0 unspecified atom stereocenters. The highest BCUT2D eigenvalue weighted by Gasteiger charge is 2.12. The topological polar surface area (TPSA) is 52.3 Å². The Balaban J connectivity index is 3.12. The van der Waals surface area contributed by atoms with Crippen LogP contribution in [-0.4, -0.2) is 12.9 Å². The number of nitrogens with two attached hydrogens (primary N) is 1. The Morgan fingerprint density at radius 2 is 2.20 bits per heavy atom. The van der Waals surface area contributed by atoms with Gasteiger partial charge in [0.25, 0.3) is 0 Å². The van der Waals surface area contributed by atoms with Crippen molar-refractivity contribution in [3.8, 4) is 5.75 Å². The van der Waals surface area contributed by atoms with Gasteiger partial charge in [0.15, 0.2) is 5.78 Å². The van der Waals surface area contributed by atoms with Crippen LogP contribution in [0.15, 0.2) is 12.1 Å². The largest absolute Gasteiger partial charge is 0.495 e. The van der Waals surface area contributed by atoms with E-state index in [-0.39, 0.29) is 5.78 Å². The van der Waals surface area contributed by atoms with Gasteiger partial charge in [0.1, 0.15) is 5.75 Å². The fourth-order valence-electron chi connectivity index (χ4n) is 1.33. The second-order valence-corrected chi connectivity index (χ2v) is 3.65. The summed E-state index contributed by atoms with van der Waals surface area (Å²) in [6.45, 7) is 1.95. The molecule has 0 bridgehead atoms. The van der Waals surface area contributed by atoms with E-state index in [4.69, 9.17) is 22.1 Å². The quantitative estimate of drug-likeness (QED) is 0.636. The van der Waals surface area contributed by atoms with Crippen molar-refractivity contribution < 1.29 is 9.53 Å². The summed E-state index contributed by atoms with van der Waals surface area (Å²) >= 11 is 5.87. The maximum atomic E-state index is 11.7. The summed E-state index contributed by atoms with van der Waals surface area (Å²) in [5.41, 5.74) is 6.60. The van der Waals surface area contributed by atoms with Gasteiger partial charge in [-0.25, -0.2) is 0 Å². The van der Waals surface area contributed by atoms with Crippen LogP contribution in [0, 0.1) is 0 Å². The van der Waals surface area contributed by atoms with Crippen molar-refractivity contribution >= 4 is 23.1 Å². The highest BCUT2D eigenvalue weighted by Crippen LogP contribution is 2.30. The lowest BCUT2D eigenvalue weighted by Crippen LogP contribution is -2.04. The molecule has 3 nitrogen and oxygen atoms in total. The summed E-state index contributed by atoms with van der Waals surface area (Å²) in [6.07, 6.45) is 1.28. The molecular weight excluding hydrogens is 214 g/mol. The first-order valence-corrected chi connectivity index (χ1v) is 5.14. The van der Waals surface area contributed by atoms with Crippen molar-refractivity contribution in [1.29, 1.82) is 0 Å². The Morgan fingerprint density at radius 3 is 2.73 bits per heavy atom. The van der Waals surface area contributed by atoms with E-state index in [0.29, 0.717) is 28.4 Å². The number of ketones is 1. The third-order valence-electron chi connectivity index (χ3n) is 2.10. The van der Waals surface area contributed by atoms with Crippen molar-refractivity contribution in [2.24, 2.45) is 0 Å². The van der Waals surface area contributed by atoms with Crippen molar-refractivity contribution in [3.63, 3.8) is 0 Å². The minimum absolute atomic E-state index is 0.0185. The third-order valence-corrected chi connectivity index (χ3v) is 2.40. The first-order valence-electron chi connectivity index (χ1n) is 4.76. The summed E-state index contributed by atoms with van der Waals surface area (Å²) in [4.78, 5) is 11.7. The number of rotatable bonds is 4. The Labute approximate surface area is 94.2 Å². The maximum absolute atomic E-state index is 11.7. The zero-order valence-electron chi connectivity index (χ0n) is 8.84. The molecule has 0 aromatic heterocycles. The molecular formula is C11H14ClNO2. The minimum Gasteiger partial charge on any atom is -0.495 e. The van der Waals surface area contributed by atoms with Crippen molar-refractivity contribution in [1.82, 2.24) is 0 Å². The van der Waals surface area contributed by atoms with E-state index >= 15 is 0 Å². The summed E-state index contributed by atoms with van der Waals surface area (Å²) < 4.78 is 5.03. The van der Waals surface area contributed by atoms with Gasteiger partial charge in [0.2, 0.25) is 0 Å². The summed E-state index contributed by atoms with van der Waals surface area (Å²) in [6, 6.07) is 3.14. The van der Waals surface area contributed by atoms with Crippen LogP contribution in [0.2, 0.25) is 5.02 Å². The first-order chi connectivity index (χ1) is 7.10. The lowest BCUT2D eigenvalue weighted by atomic mass is 10.0. The number of Topliss-reactive ketones (excluding diaryl/α,β-unsaturated/α-hetero) is 1. The molecule has 1 aromatic carbocycles. The zero-order valence-corrected chi connectivity index (χ0v) is 9.60. The third kappa shape index (κ3) is 2.63. The Bertz CT molecular complexity index is 377. The monoisotopic (exact) mass is 227 g/mol. The number of carbonyl (C=O) groups excluding carboxylic acids is 1. The molecule has 0 saturated carbocycles. The van der Waals surface area contributed by atoms with Crippen LogP contribution >= 0.6 is 11.6 Å². The van der Waals surface area contributed by atoms with E-state index in [1.54, 1.807) is 12.1 Å². The Hall–Kier alpha value is -1.22. The number of hydrogen-bond acceptors (Lipinski definition) is 3. The van der Waals surface area contributed by atoms with Crippen molar-refractivity contribution in [2.75, 3.05) is 12.8 Å². The van der Waals surface area contributed by atoms with E-state index < -0.39 is 0 Å². The fourth-order valence-corrected chi connectivity index (χ4v) is 1.58. The summed E-state index contributed by atoms with van der Waals surface area (Å²) in [5.74, 6) is 0.496. The van der Waals surface area contributed by atoms with E-state index in [2.05, 4.69) is 0 Å². The number of nitrogen functional groups attached to an aromatic ring is 1. The van der Waals surface area contributed by atoms with Gasteiger partial charge in [-0.1, -0.05) is 18.5 Å². The first kappa shape index (κ1) is 11.9. The van der Waals surface area contributed by atoms with Gasteiger partial charge in [0.05, 0.1) is 12.1 Å². The van der Waals surface area contributed by atoms with Crippen LogP contribution in [0.5, 0.6) is 5.75 Å². The van der Waals surface area contributed by atoms with Crippen molar-refractivity contribution in [2.45, 2.75) is 19.8 Å². The second kappa shape index (κ2) is 5.03. The Kier molecular flexibility index (Phi) is 3.97. The van der Waals surface area contributed by atoms with Crippen LogP contribution in [0.4, 0.5) is 5.69 Å². The predicted octanol–water partition coefficient (Wildman–Crippen LogP) is 2.91. The van der Waals surface area contributed by atoms with E-state index in [9.17, 15) is 4.79 Å². The highest BCUT2D eigenvalue weighted by molar-refractivity contribution is 6.32. The van der Waals surface area contributed by atoms with Crippen LogP contribution in [0.25, 0.3) is 0 Å². The fraction of sp³-hybridized carbons (Fsp3) is 0.364. The lowest BCUT2D eigenvalue weighted by Gasteiger charge is -2.08. The molecule has 0 aliphatic carbocycles.